The van der Waals surface area contributed by atoms with Gasteiger partial charge in [0.2, 0.25) is 0 Å². The van der Waals surface area contributed by atoms with Crippen molar-refractivity contribution in [3.8, 4) is 0 Å². The Hall–Kier alpha value is -2.16. The van der Waals surface area contributed by atoms with E-state index in [9.17, 15) is 62.3 Å². The number of carbonyl (C=O) groups is 2. The number of ether oxygens (including phenoxy) is 2. The lowest BCUT2D eigenvalue weighted by atomic mass is 10.2. The van der Waals surface area contributed by atoms with E-state index in [1.807, 2.05) is 0 Å². The number of halogens is 12. The summed E-state index contributed by atoms with van der Waals surface area (Å²) < 4.78 is 153. The van der Waals surface area contributed by atoms with Crippen LogP contribution in [0.4, 0.5) is 52.7 Å². The van der Waals surface area contributed by atoms with Gasteiger partial charge in [0, 0.05) is 5.57 Å². The molecule has 0 fully saturated rings. The van der Waals surface area contributed by atoms with Crippen molar-refractivity contribution in [1.82, 2.24) is 0 Å². The SMILES string of the molecule is C=C(CC(=O)O[C@](F)(C(F)F)C(F)(F)F)C(=O)O[C@@](F)(C(F)F)C(F)(F)F. The molecule has 0 saturated carbocycles. The highest BCUT2D eigenvalue weighted by atomic mass is 19.4. The number of rotatable bonds is 7. The molecular formula is C11H6F12O4. The molecule has 4 nitrogen and oxygen atoms in total. The first-order valence-electron chi connectivity index (χ1n) is 6.00. The third-order valence-electron chi connectivity index (χ3n) is 2.48. The van der Waals surface area contributed by atoms with Crippen molar-refractivity contribution in [2.24, 2.45) is 0 Å². The van der Waals surface area contributed by atoms with Crippen LogP contribution in [0.3, 0.4) is 0 Å². The topological polar surface area (TPSA) is 52.6 Å². The molecule has 0 heterocycles. The Bertz CT molecular complexity index is 583. The minimum absolute atomic E-state index is 1.73. The number of alkyl halides is 12. The summed E-state index contributed by atoms with van der Waals surface area (Å²) in [6, 6.07) is 0. The smallest absolute Gasteiger partial charge is 0.415 e. The summed E-state index contributed by atoms with van der Waals surface area (Å²) in [6.45, 7) is 2.41. The maximum atomic E-state index is 13.1. The van der Waals surface area contributed by atoms with Gasteiger partial charge in [-0.15, -0.1) is 0 Å². The number of hydrogen-bond donors (Lipinski definition) is 0. The first-order valence-corrected chi connectivity index (χ1v) is 6.00. The van der Waals surface area contributed by atoms with E-state index in [0.29, 0.717) is 0 Å². The molecular weight excluding hydrogens is 424 g/mol. The average molecular weight is 430 g/mol. The summed E-state index contributed by atoms with van der Waals surface area (Å²) in [5, 5.41) is 0. The molecule has 27 heavy (non-hydrogen) atoms. The molecule has 0 amide bonds. The molecule has 0 aliphatic carbocycles. The van der Waals surface area contributed by atoms with E-state index in [1.54, 1.807) is 0 Å². The van der Waals surface area contributed by atoms with Gasteiger partial charge in [-0.05, 0) is 0 Å². The first-order chi connectivity index (χ1) is 11.8. The summed E-state index contributed by atoms with van der Waals surface area (Å²) in [7, 11) is 0. The van der Waals surface area contributed by atoms with Crippen LogP contribution >= 0.6 is 0 Å². The minimum Gasteiger partial charge on any atom is -0.415 e. The maximum absolute atomic E-state index is 13.1. The van der Waals surface area contributed by atoms with E-state index < -0.39 is 60.8 Å². The summed E-state index contributed by atoms with van der Waals surface area (Å²) >= 11 is 0. The zero-order valence-corrected chi connectivity index (χ0v) is 12.2. The fourth-order valence-corrected chi connectivity index (χ4v) is 1.11. The fraction of sp³-hybridized carbons (Fsp3) is 0.636. The van der Waals surface area contributed by atoms with E-state index >= 15 is 0 Å². The molecule has 0 aromatic rings. The largest absolute Gasteiger partial charge is 0.466 e. The lowest BCUT2D eigenvalue weighted by Crippen LogP contribution is -2.51. The second-order valence-electron chi connectivity index (χ2n) is 4.53. The van der Waals surface area contributed by atoms with Gasteiger partial charge in [-0.2, -0.15) is 35.1 Å². The summed E-state index contributed by atoms with van der Waals surface area (Å²) in [5.74, 6) is -17.1. The predicted molar refractivity (Wildman–Crippen MR) is 57.7 cm³/mol. The van der Waals surface area contributed by atoms with Crippen LogP contribution in [-0.4, -0.2) is 48.9 Å². The van der Waals surface area contributed by atoms with Crippen LogP contribution in [0.25, 0.3) is 0 Å². The van der Waals surface area contributed by atoms with E-state index in [2.05, 4.69) is 16.1 Å². The summed E-state index contributed by atoms with van der Waals surface area (Å²) in [4.78, 5) is 22.1. The first kappa shape index (κ1) is 24.8. The van der Waals surface area contributed by atoms with Crippen LogP contribution in [-0.2, 0) is 19.1 Å². The Kier molecular flexibility index (Phi) is 7.21. The summed E-state index contributed by atoms with van der Waals surface area (Å²) in [6.07, 6.45) is -24.9. The van der Waals surface area contributed by atoms with Gasteiger partial charge in [-0.25, -0.2) is 22.4 Å². The molecule has 0 saturated heterocycles. The highest BCUT2D eigenvalue weighted by molar-refractivity contribution is 5.93. The minimum atomic E-state index is -6.47. The zero-order chi connectivity index (χ0) is 22.0. The lowest BCUT2D eigenvalue weighted by Gasteiger charge is -2.27. The highest BCUT2D eigenvalue weighted by Gasteiger charge is 2.68. The number of hydrogen-bond acceptors (Lipinski definition) is 4. The van der Waals surface area contributed by atoms with Crippen LogP contribution in [0.2, 0.25) is 0 Å². The van der Waals surface area contributed by atoms with Gasteiger partial charge in [0.15, 0.2) is 0 Å². The predicted octanol–water partition coefficient (Wildman–Crippen LogP) is 4.01. The quantitative estimate of drug-likeness (QED) is 0.348. The Morgan fingerprint density at radius 1 is 0.741 bits per heavy atom. The number of carbonyl (C=O) groups excluding carboxylic acids is 2. The van der Waals surface area contributed by atoms with Crippen molar-refractivity contribution in [3.05, 3.63) is 12.2 Å². The van der Waals surface area contributed by atoms with E-state index in [-0.39, 0.29) is 0 Å². The van der Waals surface area contributed by atoms with Crippen molar-refractivity contribution in [1.29, 1.82) is 0 Å². The van der Waals surface area contributed by atoms with Crippen LogP contribution in [0, 0.1) is 0 Å². The van der Waals surface area contributed by atoms with Gasteiger partial charge in [0.05, 0.1) is 6.42 Å². The van der Waals surface area contributed by atoms with E-state index in [0.717, 1.165) is 0 Å². The molecule has 16 heteroatoms. The third kappa shape index (κ3) is 5.41. The molecule has 0 N–H and O–H groups in total. The van der Waals surface area contributed by atoms with Gasteiger partial charge in [-0.1, -0.05) is 6.58 Å². The van der Waals surface area contributed by atoms with Crippen molar-refractivity contribution < 1.29 is 71.7 Å². The monoisotopic (exact) mass is 430 g/mol. The highest BCUT2D eigenvalue weighted by Crippen LogP contribution is 2.41. The second kappa shape index (κ2) is 7.84. The second-order valence-corrected chi connectivity index (χ2v) is 4.53. The molecule has 2 atom stereocenters. The van der Waals surface area contributed by atoms with Crippen molar-refractivity contribution in [2.75, 3.05) is 0 Å². The maximum Gasteiger partial charge on any atom is 0.466 e. The molecule has 0 aromatic heterocycles. The van der Waals surface area contributed by atoms with Crippen LogP contribution in [0.1, 0.15) is 6.42 Å². The van der Waals surface area contributed by atoms with Crippen LogP contribution in [0.5, 0.6) is 0 Å². The average Bonchev–Trinajstić information content (AvgIpc) is 2.43. The number of esters is 2. The van der Waals surface area contributed by atoms with Gasteiger partial charge in [0.1, 0.15) is 0 Å². The van der Waals surface area contributed by atoms with Gasteiger partial charge < -0.3 is 9.47 Å². The normalized spacial score (nSPS) is 17.3. The summed E-state index contributed by atoms with van der Waals surface area (Å²) in [5.41, 5.74) is -1.73. The molecule has 0 aromatic carbocycles. The van der Waals surface area contributed by atoms with Crippen LogP contribution < -0.4 is 0 Å². The van der Waals surface area contributed by atoms with E-state index in [4.69, 9.17) is 0 Å². The lowest BCUT2D eigenvalue weighted by molar-refractivity contribution is -0.356. The van der Waals surface area contributed by atoms with Crippen molar-refractivity contribution >= 4 is 11.9 Å². The fourth-order valence-electron chi connectivity index (χ4n) is 1.11. The molecule has 0 unspecified atom stereocenters. The molecule has 0 spiro atoms. The molecule has 0 bridgehead atoms. The molecule has 158 valence electrons. The Labute approximate surface area is 140 Å². The Balaban J connectivity index is 5.24. The Morgan fingerprint density at radius 3 is 1.37 bits per heavy atom. The van der Waals surface area contributed by atoms with Crippen molar-refractivity contribution in [2.45, 2.75) is 43.3 Å². The Morgan fingerprint density at radius 2 is 1.07 bits per heavy atom. The van der Waals surface area contributed by atoms with Gasteiger partial charge >= 0.3 is 48.9 Å². The molecule has 0 rings (SSSR count). The van der Waals surface area contributed by atoms with Gasteiger partial charge in [0.25, 0.3) is 0 Å². The third-order valence-corrected chi connectivity index (χ3v) is 2.48. The zero-order valence-electron chi connectivity index (χ0n) is 12.2. The van der Waals surface area contributed by atoms with Crippen molar-refractivity contribution in [3.63, 3.8) is 0 Å². The standard InChI is InChI=1S/C11H6F12O4/c1-3(5(25)27-9(17,7(14)15)11(21,22)23)2-4(24)26-8(16,6(12)13)10(18,19)20/h6-7H,1-2H2/t8-,9+/m1/s1. The van der Waals surface area contributed by atoms with Gasteiger partial charge in [-0.3, -0.25) is 4.79 Å². The molecule has 0 aliphatic heterocycles. The van der Waals surface area contributed by atoms with E-state index in [1.165, 1.54) is 0 Å². The molecule has 0 aliphatic rings. The molecule has 0 radical (unpaired) electrons. The van der Waals surface area contributed by atoms with Crippen LogP contribution in [0.15, 0.2) is 12.2 Å².